The van der Waals surface area contributed by atoms with Crippen LogP contribution in [0.3, 0.4) is 0 Å². The second-order valence-corrected chi connectivity index (χ2v) is 19.6. The molecule has 6 aliphatic rings. The van der Waals surface area contributed by atoms with Crippen LogP contribution >= 0.6 is 0 Å². The molecule has 60 heavy (non-hydrogen) atoms. The van der Waals surface area contributed by atoms with Crippen molar-refractivity contribution < 1.29 is 46.6 Å². The number of hydrogen-bond acceptors (Lipinski definition) is 11. The monoisotopic (exact) mass is 855 g/mol. The van der Waals surface area contributed by atoms with E-state index < -0.39 is 75.4 Å². The molecule has 5 aliphatic heterocycles. The van der Waals surface area contributed by atoms with Gasteiger partial charge in [-0.15, -0.1) is 0 Å². The third-order valence-corrected chi connectivity index (χ3v) is 13.9. The molecule has 18 heteroatoms. The van der Waals surface area contributed by atoms with Crippen LogP contribution in [0.5, 0.6) is 0 Å². The minimum absolute atomic E-state index is 0.0781. The average Bonchev–Trinajstić information content (AvgIpc) is 3.50. The van der Waals surface area contributed by atoms with Gasteiger partial charge in [-0.25, -0.2) is 14.3 Å². The van der Waals surface area contributed by atoms with Crippen molar-refractivity contribution >= 4 is 40.1 Å². The molecule has 2 unspecified atom stereocenters. The van der Waals surface area contributed by atoms with Crippen molar-refractivity contribution in [1.29, 1.82) is 0 Å². The Morgan fingerprint density at radius 2 is 1.73 bits per heavy atom. The maximum Gasteiger partial charge on any atom is 0.410 e. The molecule has 1 aliphatic carbocycles. The molecule has 5 amide bonds. The van der Waals surface area contributed by atoms with E-state index in [1.54, 1.807) is 25.7 Å². The van der Waals surface area contributed by atoms with Crippen LogP contribution in [0, 0.1) is 5.92 Å². The van der Waals surface area contributed by atoms with Crippen LogP contribution in [0.4, 0.5) is 9.59 Å². The highest BCUT2D eigenvalue weighted by Crippen LogP contribution is 2.46. The molecule has 0 bridgehead atoms. The minimum Gasteiger partial charge on any atom is -0.444 e. The van der Waals surface area contributed by atoms with Crippen LogP contribution in [0.15, 0.2) is 36.4 Å². The lowest BCUT2D eigenvalue weighted by Crippen LogP contribution is -2.59. The number of ether oxygens (including phenoxy) is 3. The average molecular weight is 856 g/mol. The molecular weight excluding hydrogens is 795 g/mol. The summed E-state index contributed by atoms with van der Waals surface area (Å²) >= 11 is 0. The van der Waals surface area contributed by atoms with Crippen LogP contribution < -0.4 is 15.4 Å². The number of hydrogen-bond donors (Lipinski definition) is 3. The Bertz CT molecular complexity index is 1910. The Balaban J connectivity index is 1.15. The number of fused-ring (bicyclic) bond motifs is 3. The Morgan fingerprint density at radius 1 is 0.983 bits per heavy atom. The van der Waals surface area contributed by atoms with Crippen molar-refractivity contribution in [2.75, 3.05) is 59.0 Å². The number of allylic oxidation sites excluding steroid dienone is 1. The quantitative estimate of drug-likeness (QED) is 0.342. The van der Waals surface area contributed by atoms with E-state index in [2.05, 4.69) is 26.3 Å². The number of nitrogens with one attached hydrogen (secondary N) is 3. The fraction of sp³-hybridized carbons (Fsp3) is 0.690. The van der Waals surface area contributed by atoms with Gasteiger partial charge in [0.15, 0.2) is 0 Å². The van der Waals surface area contributed by atoms with Crippen molar-refractivity contribution in [1.82, 2.24) is 34.4 Å². The van der Waals surface area contributed by atoms with Gasteiger partial charge in [0, 0.05) is 51.6 Å². The fourth-order valence-corrected chi connectivity index (χ4v) is 10.4. The molecule has 330 valence electrons. The molecule has 1 aromatic rings. The topological polar surface area (TPSA) is 196 Å². The summed E-state index contributed by atoms with van der Waals surface area (Å²) in [6, 6.07) is 5.51. The van der Waals surface area contributed by atoms with E-state index in [9.17, 15) is 32.4 Å². The van der Waals surface area contributed by atoms with Gasteiger partial charge in [0.25, 0.3) is 5.91 Å². The lowest BCUT2D eigenvalue weighted by molar-refractivity contribution is -0.141. The van der Waals surface area contributed by atoms with E-state index in [1.807, 2.05) is 30.4 Å². The van der Waals surface area contributed by atoms with Crippen molar-refractivity contribution in [2.45, 2.75) is 120 Å². The molecule has 17 nitrogen and oxygen atoms in total. The van der Waals surface area contributed by atoms with Gasteiger partial charge in [-0.2, -0.15) is 12.7 Å². The van der Waals surface area contributed by atoms with Gasteiger partial charge >= 0.3 is 22.4 Å². The minimum atomic E-state index is -4.16. The first-order chi connectivity index (χ1) is 28.6. The summed E-state index contributed by atoms with van der Waals surface area (Å²) < 4.78 is 47.3. The molecule has 3 N–H and O–H groups in total. The second-order valence-electron chi connectivity index (χ2n) is 17.9. The first-order valence-corrected chi connectivity index (χ1v) is 23.0. The summed E-state index contributed by atoms with van der Waals surface area (Å²) in [5, 5.41) is 5.61. The van der Waals surface area contributed by atoms with E-state index in [-0.39, 0.29) is 31.8 Å². The number of alkyl carbamates (subject to hydrolysis) is 1. The Hall–Kier alpha value is -4.26. The van der Waals surface area contributed by atoms with Crippen molar-refractivity contribution in [3.8, 4) is 0 Å². The van der Waals surface area contributed by atoms with Crippen LogP contribution in [0.1, 0.15) is 95.7 Å². The molecule has 4 fully saturated rings. The highest BCUT2D eigenvalue weighted by atomic mass is 32.2. The van der Waals surface area contributed by atoms with E-state index >= 15 is 0 Å². The zero-order valence-electron chi connectivity index (χ0n) is 35.1. The highest BCUT2D eigenvalue weighted by Gasteiger charge is 2.62. The smallest absolute Gasteiger partial charge is 0.410 e. The first-order valence-electron chi connectivity index (χ1n) is 21.6. The normalized spacial score (nSPS) is 29.6. The number of morpholine rings is 1. The number of carbonyl (C=O) groups excluding carboxylic acids is 5. The van der Waals surface area contributed by atoms with Gasteiger partial charge in [-0.05, 0) is 76.8 Å². The number of carbonyl (C=O) groups is 5. The van der Waals surface area contributed by atoms with Crippen LogP contribution in [0.25, 0.3) is 0 Å². The molecule has 6 atom stereocenters. The van der Waals surface area contributed by atoms with Crippen LogP contribution in [-0.4, -0.2) is 146 Å². The standard InChI is InChI=1S/C42H61N7O10S/c1-41(2,3)59-39(53)43-33-16-8-6-4-5-7-14-30-26-42(30,38(52)45-60(55,56)47-18-11-12-19-47)44-36(50)34-25-31(27-49(34)37(33)51)58-40(54)48-20-17-29-13-9-10-15-32(29)35(48)28-46-21-23-57-24-22-46/h7,9-10,13-15,30-31,33-35H,4-6,8,11-12,16-28H2,1-3H3,(H,43,53)(H,44,50)(H,45,52)/t30-,31-,33+,34?,35?,42-/m1/s1. The van der Waals surface area contributed by atoms with E-state index in [4.69, 9.17) is 14.2 Å². The molecule has 1 aromatic carbocycles. The lowest BCUT2D eigenvalue weighted by atomic mass is 9.92. The summed E-state index contributed by atoms with van der Waals surface area (Å²) in [6.45, 7) is 9.28. The fourth-order valence-electron chi connectivity index (χ4n) is 9.12. The van der Waals surface area contributed by atoms with E-state index in [0.29, 0.717) is 71.5 Å². The zero-order valence-corrected chi connectivity index (χ0v) is 35.9. The maximum absolute atomic E-state index is 14.6. The maximum atomic E-state index is 14.6. The van der Waals surface area contributed by atoms with Gasteiger partial charge in [0.05, 0.1) is 25.8 Å². The third-order valence-electron chi connectivity index (χ3n) is 12.4. The Morgan fingerprint density at radius 3 is 2.48 bits per heavy atom. The van der Waals surface area contributed by atoms with Gasteiger partial charge in [0.2, 0.25) is 11.8 Å². The Kier molecular flexibility index (Phi) is 13.4. The lowest BCUT2D eigenvalue weighted by Gasteiger charge is -2.40. The summed E-state index contributed by atoms with van der Waals surface area (Å²) in [7, 11) is -4.16. The SMILES string of the molecule is CC(C)(C)OC(=O)N[C@H]1CCCCCC=C[C@@H]2C[C@@]2(C(=O)NS(=O)(=O)N2CCCC2)NC(=O)C2C[C@@H](OC(=O)N3CCc4ccccc4C3CN3CCOCC3)CN2C1=O. The zero-order chi connectivity index (χ0) is 42.7. The predicted octanol–water partition coefficient (Wildman–Crippen LogP) is 2.77. The molecule has 0 spiro atoms. The number of amides is 5. The Labute approximate surface area is 353 Å². The van der Waals surface area contributed by atoms with E-state index in [1.165, 1.54) is 9.21 Å². The van der Waals surface area contributed by atoms with Crippen LogP contribution in [-0.2, 0) is 45.2 Å². The van der Waals surface area contributed by atoms with Gasteiger partial charge in [-0.3, -0.25) is 24.2 Å². The van der Waals surface area contributed by atoms with Crippen molar-refractivity contribution in [2.24, 2.45) is 5.92 Å². The van der Waals surface area contributed by atoms with Crippen molar-refractivity contribution in [3.05, 3.63) is 47.5 Å². The van der Waals surface area contributed by atoms with E-state index in [0.717, 1.165) is 37.1 Å². The summed E-state index contributed by atoms with van der Waals surface area (Å²) in [6.07, 6.45) is 6.66. The second kappa shape index (κ2) is 18.4. The third kappa shape index (κ3) is 10.3. The van der Waals surface area contributed by atoms with Gasteiger partial charge in [-0.1, -0.05) is 49.3 Å². The summed E-state index contributed by atoms with van der Waals surface area (Å²) in [4.78, 5) is 75.9. The molecule has 0 aromatic heterocycles. The first kappa shape index (κ1) is 43.8. The molecule has 5 heterocycles. The molecule has 7 rings (SSSR count). The largest absolute Gasteiger partial charge is 0.444 e. The molecule has 3 saturated heterocycles. The number of nitrogens with zero attached hydrogens (tertiary/aromatic N) is 4. The number of rotatable bonds is 7. The highest BCUT2D eigenvalue weighted by molar-refractivity contribution is 7.87. The summed E-state index contributed by atoms with van der Waals surface area (Å²) in [5.74, 6) is -2.56. The molecular formula is C42H61N7O10S. The van der Waals surface area contributed by atoms with Crippen LogP contribution in [0.2, 0.25) is 0 Å². The summed E-state index contributed by atoms with van der Waals surface area (Å²) in [5.41, 5.74) is -0.204. The van der Waals surface area contributed by atoms with Crippen molar-refractivity contribution in [3.63, 3.8) is 0 Å². The number of benzene rings is 1. The van der Waals surface area contributed by atoms with Gasteiger partial charge in [0.1, 0.15) is 29.3 Å². The molecule has 1 saturated carbocycles. The molecule has 0 radical (unpaired) electrons. The van der Waals surface area contributed by atoms with Gasteiger partial charge < -0.3 is 29.7 Å². The predicted molar refractivity (Wildman–Crippen MR) is 219 cm³/mol.